The molecule has 5 nitrogen and oxygen atoms in total. The molecule has 1 saturated heterocycles. The van der Waals surface area contributed by atoms with Crippen molar-refractivity contribution in [2.45, 2.75) is 33.1 Å². The Labute approximate surface area is 185 Å². The highest BCUT2D eigenvalue weighted by atomic mass is 19.3. The summed E-state index contributed by atoms with van der Waals surface area (Å²) in [7, 11) is 1.68. The van der Waals surface area contributed by atoms with E-state index < -0.39 is 18.4 Å². The number of piperidine rings is 1. The van der Waals surface area contributed by atoms with Crippen LogP contribution in [0.3, 0.4) is 0 Å². The second-order valence-corrected chi connectivity index (χ2v) is 9.04. The molecule has 1 fully saturated rings. The molecule has 7 heteroatoms. The summed E-state index contributed by atoms with van der Waals surface area (Å²) in [6, 6.07) is 7.16. The van der Waals surface area contributed by atoms with Gasteiger partial charge in [-0.15, -0.1) is 0 Å². The molecule has 1 atom stereocenters. The smallest absolute Gasteiger partial charge is 0.268 e. The van der Waals surface area contributed by atoms with Crippen molar-refractivity contribution in [1.82, 2.24) is 14.5 Å². The Hall–Kier alpha value is -3.09. The molecule has 4 rings (SSSR count). The molecule has 0 saturated carbocycles. The van der Waals surface area contributed by atoms with E-state index in [-0.39, 0.29) is 17.4 Å². The lowest BCUT2D eigenvalue weighted by Gasteiger charge is -2.40. The third-order valence-electron chi connectivity index (χ3n) is 6.50. The van der Waals surface area contributed by atoms with Gasteiger partial charge in [0.15, 0.2) is 0 Å². The Kier molecular flexibility index (Phi) is 5.61. The Bertz CT molecular complexity index is 1250. The van der Waals surface area contributed by atoms with Gasteiger partial charge in [-0.3, -0.25) is 14.6 Å². The van der Waals surface area contributed by atoms with Crippen LogP contribution in [0.4, 0.5) is 8.78 Å². The lowest BCUT2D eigenvalue weighted by molar-refractivity contribution is -0.116. The maximum atomic E-state index is 14.6. The molecule has 1 amide bonds. The van der Waals surface area contributed by atoms with Crippen LogP contribution in [0.1, 0.15) is 36.2 Å². The highest BCUT2D eigenvalue weighted by molar-refractivity contribution is 5.98. The third-order valence-corrected chi connectivity index (χ3v) is 6.50. The molecule has 32 heavy (non-hydrogen) atoms. The zero-order chi connectivity index (χ0) is 23.2. The lowest BCUT2D eigenvalue weighted by Crippen LogP contribution is -2.52. The van der Waals surface area contributed by atoms with Crippen molar-refractivity contribution >= 4 is 16.7 Å². The first-order chi connectivity index (χ1) is 15.1. The van der Waals surface area contributed by atoms with Gasteiger partial charge in [-0.05, 0) is 47.9 Å². The van der Waals surface area contributed by atoms with E-state index in [1.807, 2.05) is 13.0 Å². The molecule has 1 aliphatic rings. The number of hydrogen-bond donors (Lipinski definition) is 0. The topological polar surface area (TPSA) is 55.2 Å². The van der Waals surface area contributed by atoms with Crippen molar-refractivity contribution < 1.29 is 13.6 Å². The molecule has 168 valence electrons. The average molecular weight is 440 g/mol. The van der Waals surface area contributed by atoms with Gasteiger partial charge in [0.25, 0.3) is 17.4 Å². The largest absolute Gasteiger partial charge is 0.333 e. The van der Waals surface area contributed by atoms with Crippen molar-refractivity contribution in [2.24, 2.45) is 18.9 Å². The van der Waals surface area contributed by atoms with Gasteiger partial charge < -0.3 is 9.47 Å². The van der Waals surface area contributed by atoms with Crippen molar-refractivity contribution in [3.05, 3.63) is 64.3 Å². The second kappa shape index (κ2) is 8.11. The fourth-order valence-corrected chi connectivity index (χ4v) is 4.73. The number of amides is 1. The van der Waals surface area contributed by atoms with Crippen LogP contribution >= 0.6 is 0 Å². The molecular formula is C25H27F2N3O2. The third kappa shape index (κ3) is 3.80. The Morgan fingerprint density at radius 3 is 2.62 bits per heavy atom. The van der Waals surface area contributed by atoms with E-state index in [2.05, 4.69) is 4.98 Å². The Morgan fingerprint density at radius 2 is 1.97 bits per heavy atom. The number of fused-ring (bicyclic) bond motifs is 1. The second-order valence-electron chi connectivity index (χ2n) is 9.04. The molecule has 1 aromatic carbocycles. The predicted molar refractivity (Wildman–Crippen MR) is 121 cm³/mol. The van der Waals surface area contributed by atoms with Gasteiger partial charge in [0.05, 0.1) is 11.9 Å². The van der Waals surface area contributed by atoms with Gasteiger partial charge in [-0.1, -0.05) is 26.0 Å². The molecule has 3 aromatic rings. The highest BCUT2D eigenvalue weighted by Gasteiger charge is 2.47. The summed E-state index contributed by atoms with van der Waals surface area (Å²) < 4.78 is 30.8. The molecule has 1 unspecified atom stereocenters. The number of nitrogens with zero attached hydrogens (tertiary/aromatic N) is 3. The van der Waals surface area contributed by atoms with Gasteiger partial charge in [0, 0.05) is 49.2 Å². The van der Waals surface area contributed by atoms with Crippen molar-refractivity contribution in [2.75, 3.05) is 13.1 Å². The van der Waals surface area contributed by atoms with Crippen LogP contribution in [0.25, 0.3) is 21.9 Å². The minimum Gasteiger partial charge on any atom is -0.333 e. The molecule has 2 aromatic heterocycles. The summed E-state index contributed by atoms with van der Waals surface area (Å²) in [5, 5.41) is 1.29. The van der Waals surface area contributed by atoms with Crippen LogP contribution in [0.2, 0.25) is 0 Å². The van der Waals surface area contributed by atoms with E-state index in [9.17, 15) is 18.4 Å². The monoisotopic (exact) mass is 439 g/mol. The number of halogens is 2. The number of carbonyl (C=O) groups is 1. The number of aryl methyl sites for hydroxylation is 2. The molecule has 1 aliphatic heterocycles. The Morgan fingerprint density at radius 1 is 1.22 bits per heavy atom. The van der Waals surface area contributed by atoms with Crippen LogP contribution < -0.4 is 5.56 Å². The van der Waals surface area contributed by atoms with E-state index in [1.54, 1.807) is 57.7 Å². The predicted octanol–water partition coefficient (Wildman–Crippen LogP) is 4.66. The number of rotatable bonds is 3. The van der Waals surface area contributed by atoms with Crippen molar-refractivity contribution in [3.63, 3.8) is 0 Å². The van der Waals surface area contributed by atoms with Crippen LogP contribution in [-0.4, -0.2) is 39.4 Å². The SMILES string of the molecule is Cc1cc(-c2cn(C)c(=O)c3cnccc23)ccc1C(=O)N1CCC(C(C)C)C(F)(F)C1. The van der Waals surface area contributed by atoms with Crippen LogP contribution in [0.5, 0.6) is 0 Å². The molecule has 0 aliphatic carbocycles. The standard InChI is InChI=1S/C25H27F2N3O2/c1-15(2)22-8-10-30(14-25(22,26)27)24(32)18-6-5-17(11-16(18)3)21-13-29(4)23(31)20-12-28-9-7-19(20)21/h5-7,9,11-13,15,22H,8,10,14H2,1-4H3. The highest BCUT2D eigenvalue weighted by Crippen LogP contribution is 2.38. The number of aromatic nitrogens is 2. The fourth-order valence-electron chi connectivity index (χ4n) is 4.73. The summed E-state index contributed by atoms with van der Waals surface area (Å²) in [5.41, 5.74) is 2.68. The van der Waals surface area contributed by atoms with Gasteiger partial charge in [0.2, 0.25) is 0 Å². The normalized spacial score (nSPS) is 18.3. The lowest BCUT2D eigenvalue weighted by atomic mass is 9.83. The maximum absolute atomic E-state index is 14.6. The van der Waals surface area contributed by atoms with E-state index in [1.165, 1.54) is 9.47 Å². The molecule has 0 spiro atoms. The summed E-state index contributed by atoms with van der Waals surface area (Å²) in [6.45, 7) is 5.20. The number of pyridine rings is 2. The number of likely N-dealkylation sites (tertiary alicyclic amines) is 1. The molecule has 0 bridgehead atoms. The number of alkyl halides is 2. The van der Waals surface area contributed by atoms with Gasteiger partial charge in [-0.2, -0.15) is 0 Å². The summed E-state index contributed by atoms with van der Waals surface area (Å²) in [6.07, 6.45) is 5.24. The van der Waals surface area contributed by atoms with E-state index in [4.69, 9.17) is 0 Å². The van der Waals surface area contributed by atoms with E-state index >= 15 is 0 Å². The zero-order valence-corrected chi connectivity index (χ0v) is 18.7. The summed E-state index contributed by atoms with van der Waals surface area (Å²) in [5.74, 6) is -4.10. The van der Waals surface area contributed by atoms with Crippen LogP contribution in [0, 0.1) is 18.8 Å². The minimum absolute atomic E-state index is 0.130. The fraction of sp³-hybridized carbons (Fsp3) is 0.400. The summed E-state index contributed by atoms with van der Waals surface area (Å²) in [4.78, 5) is 30.8. The van der Waals surface area contributed by atoms with Gasteiger partial charge >= 0.3 is 0 Å². The first-order valence-electron chi connectivity index (χ1n) is 10.8. The quantitative estimate of drug-likeness (QED) is 0.596. The van der Waals surface area contributed by atoms with Crippen LogP contribution in [0.15, 0.2) is 47.7 Å². The molecule has 0 N–H and O–H groups in total. The van der Waals surface area contributed by atoms with Crippen LogP contribution in [-0.2, 0) is 7.05 Å². The molecule has 0 radical (unpaired) electrons. The summed E-state index contributed by atoms with van der Waals surface area (Å²) >= 11 is 0. The molecular weight excluding hydrogens is 412 g/mol. The van der Waals surface area contributed by atoms with E-state index in [0.717, 1.165) is 16.5 Å². The number of hydrogen-bond acceptors (Lipinski definition) is 3. The minimum atomic E-state index is -2.89. The van der Waals surface area contributed by atoms with Gasteiger partial charge in [-0.25, -0.2) is 8.78 Å². The maximum Gasteiger partial charge on any atom is 0.268 e. The van der Waals surface area contributed by atoms with E-state index in [0.29, 0.717) is 29.5 Å². The average Bonchev–Trinajstić information content (AvgIpc) is 2.74. The van der Waals surface area contributed by atoms with Crippen molar-refractivity contribution in [3.8, 4) is 11.1 Å². The van der Waals surface area contributed by atoms with Gasteiger partial charge in [0.1, 0.15) is 0 Å². The first kappa shape index (κ1) is 22.1. The number of carbonyl (C=O) groups excluding carboxylic acids is 1. The zero-order valence-electron chi connectivity index (χ0n) is 18.7. The number of benzene rings is 1. The van der Waals surface area contributed by atoms with Crippen molar-refractivity contribution in [1.29, 1.82) is 0 Å². The molecule has 3 heterocycles. The first-order valence-corrected chi connectivity index (χ1v) is 10.8. The Balaban J connectivity index is 1.67.